The van der Waals surface area contributed by atoms with Gasteiger partial charge < -0.3 is 15.0 Å². The highest BCUT2D eigenvalue weighted by molar-refractivity contribution is 9.10. The molecule has 1 aliphatic carbocycles. The van der Waals surface area contributed by atoms with Crippen molar-refractivity contribution >= 4 is 27.8 Å². The van der Waals surface area contributed by atoms with Crippen molar-refractivity contribution in [3.8, 4) is 0 Å². The Balaban J connectivity index is 1.88. The molecule has 122 valence electrons. The highest BCUT2D eigenvalue weighted by Gasteiger charge is 2.30. The number of nitrogens with one attached hydrogen (secondary N) is 2. The molecule has 0 aromatic carbocycles. The molecule has 0 bridgehead atoms. The molecule has 2 N–H and O–H groups in total. The van der Waals surface area contributed by atoms with Crippen LogP contribution in [-0.4, -0.2) is 29.0 Å². The van der Waals surface area contributed by atoms with E-state index in [-0.39, 0.29) is 11.9 Å². The Morgan fingerprint density at radius 2 is 2.14 bits per heavy atom. The van der Waals surface area contributed by atoms with Crippen LogP contribution < -0.4 is 5.32 Å². The summed E-state index contributed by atoms with van der Waals surface area (Å²) in [5.41, 5.74) is 0.325. The first kappa shape index (κ1) is 17.1. The summed E-state index contributed by atoms with van der Waals surface area (Å²) in [6.07, 6.45) is 4.16. The smallest absolute Gasteiger partial charge is 0.355 e. The van der Waals surface area contributed by atoms with Gasteiger partial charge in [0.05, 0.1) is 0 Å². The summed E-state index contributed by atoms with van der Waals surface area (Å²) >= 11 is 3.26. The molecule has 0 radical (unpaired) electrons. The van der Waals surface area contributed by atoms with Crippen LogP contribution >= 0.6 is 15.9 Å². The van der Waals surface area contributed by atoms with Crippen molar-refractivity contribution in [3.63, 3.8) is 0 Å². The van der Waals surface area contributed by atoms with E-state index in [9.17, 15) is 9.59 Å². The van der Waals surface area contributed by atoms with Gasteiger partial charge in [0.15, 0.2) is 6.10 Å². The summed E-state index contributed by atoms with van der Waals surface area (Å²) in [4.78, 5) is 26.9. The minimum Gasteiger partial charge on any atom is -0.448 e. The maximum absolute atomic E-state index is 12.2. The fourth-order valence-electron chi connectivity index (χ4n) is 2.85. The number of ether oxygens (including phenoxy) is 1. The topological polar surface area (TPSA) is 71.2 Å². The number of H-pyrrole nitrogens is 1. The van der Waals surface area contributed by atoms with Gasteiger partial charge in [-0.2, -0.15) is 0 Å². The summed E-state index contributed by atoms with van der Waals surface area (Å²) in [5.74, 6) is 0.288. The highest BCUT2D eigenvalue weighted by Crippen LogP contribution is 2.29. The standard InChI is InChI=1S/C16H23BrN2O3/c1-9-5-4-6-13(10(9)2)19-15(20)11(3)22-16(21)14-7-12(17)8-18-14/h7-11,13,18H,4-6H2,1-3H3,(H,19,20)/t9-,10-,11+,13-/m1/s1. The normalized spacial score (nSPS) is 26.3. The van der Waals surface area contributed by atoms with Gasteiger partial charge in [-0.15, -0.1) is 0 Å². The molecule has 1 aromatic rings. The quantitative estimate of drug-likeness (QED) is 0.798. The molecular formula is C16H23BrN2O3. The summed E-state index contributed by atoms with van der Waals surface area (Å²) in [6, 6.07) is 1.79. The third kappa shape index (κ3) is 4.12. The molecule has 1 heterocycles. The zero-order valence-corrected chi connectivity index (χ0v) is 14.8. The largest absolute Gasteiger partial charge is 0.448 e. The van der Waals surface area contributed by atoms with E-state index in [4.69, 9.17) is 4.74 Å². The van der Waals surface area contributed by atoms with Crippen LogP contribution in [0.5, 0.6) is 0 Å². The Kier molecular flexibility index (Phi) is 5.67. The van der Waals surface area contributed by atoms with Gasteiger partial charge in [0.1, 0.15) is 5.69 Å². The zero-order valence-electron chi connectivity index (χ0n) is 13.2. The van der Waals surface area contributed by atoms with Crippen molar-refractivity contribution in [1.82, 2.24) is 10.3 Å². The van der Waals surface area contributed by atoms with Crippen molar-refractivity contribution < 1.29 is 14.3 Å². The molecule has 1 amide bonds. The van der Waals surface area contributed by atoms with Gasteiger partial charge in [0.2, 0.25) is 0 Å². The molecule has 0 saturated heterocycles. The molecule has 1 aromatic heterocycles. The number of rotatable bonds is 4. The molecule has 22 heavy (non-hydrogen) atoms. The van der Waals surface area contributed by atoms with Crippen LogP contribution in [0.3, 0.4) is 0 Å². The van der Waals surface area contributed by atoms with Gasteiger partial charge in [-0.3, -0.25) is 4.79 Å². The third-order valence-electron chi connectivity index (χ3n) is 4.56. The lowest BCUT2D eigenvalue weighted by atomic mass is 9.78. The predicted octanol–water partition coefficient (Wildman–Crippen LogP) is 3.26. The van der Waals surface area contributed by atoms with E-state index in [1.807, 2.05) is 0 Å². The Labute approximate surface area is 139 Å². The number of aromatic nitrogens is 1. The van der Waals surface area contributed by atoms with E-state index in [1.165, 1.54) is 6.42 Å². The Morgan fingerprint density at radius 1 is 1.41 bits per heavy atom. The SMILES string of the molecule is C[C@@H]1[C@H](C)CCC[C@H]1NC(=O)[C@H](C)OC(=O)c1cc(Br)c[nH]1. The van der Waals surface area contributed by atoms with Gasteiger partial charge in [-0.05, 0) is 47.2 Å². The molecule has 0 aliphatic heterocycles. The average molecular weight is 371 g/mol. The first-order valence-corrected chi connectivity index (χ1v) is 8.53. The fraction of sp³-hybridized carbons (Fsp3) is 0.625. The second kappa shape index (κ2) is 7.31. The van der Waals surface area contributed by atoms with Crippen LogP contribution in [0, 0.1) is 11.8 Å². The summed E-state index contributed by atoms with van der Waals surface area (Å²) in [7, 11) is 0. The maximum Gasteiger partial charge on any atom is 0.355 e. The van der Waals surface area contributed by atoms with Crippen LogP contribution in [0.4, 0.5) is 0 Å². The molecular weight excluding hydrogens is 348 g/mol. The molecule has 6 heteroatoms. The predicted molar refractivity (Wildman–Crippen MR) is 87.5 cm³/mol. The minimum atomic E-state index is -0.806. The number of carbonyl (C=O) groups excluding carboxylic acids is 2. The average Bonchev–Trinajstić information content (AvgIpc) is 2.90. The lowest BCUT2D eigenvalue weighted by molar-refractivity contribution is -0.130. The van der Waals surface area contributed by atoms with Crippen LogP contribution in [0.1, 0.15) is 50.5 Å². The van der Waals surface area contributed by atoms with Crippen LogP contribution in [-0.2, 0) is 9.53 Å². The van der Waals surface area contributed by atoms with Gasteiger partial charge >= 0.3 is 5.97 Å². The van der Waals surface area contributed by atoms with Gasteiger partial charge in [0, 0.05) is 16.7 Å². The Hall–Kier alpha value is -1.30. The van der Waals surface area contributed by atoms with E-state index < -0.39 is 12.1 Å². The van der Waals surface area contributed by atoms with E-state index in [0.717, 1.165) is 17.3 Å². The van der Waals surface area contributed by atoms with Crippen molar-refractivity contribution in [3.05, 3.63) is 22.4 Å². The van der Waals surface area contributed by atoms with E-state index in [1.54, 1.807) is 19.2 Å². The van der Waals surface area contributed by atoms with E-state index in [2.05, 4.69) is 40.1 Å². The molecule has 1 fully saturated rings. The number of hydrogen-bond donors (Lipinski definition) is 2. The lowest BCUT2D eigenvalue weighted by Gasteiger charge is -2.35. The Bertz CT molecular complexity index is 543. The van der Waals surface area contributed by atoms with Gasteiger partial charge in [0.25, 0.3) is 5.91 Å². The fourth-order valence-corrected chi connectivity index (χ4v) is 3.19. The van der Waals surface area contributed by atoms with Crippen LogP contribution in [0.25, 0.3) is 0 Å². The van der Waals surface area contributed by atoms with E-state index >= 15 is 0 Å². The summed E-state index contributed by atoms with van der Waals surface area (Å²) in [6.45, 7) is 5.99. The number of esters is 1. The second-order valence-corrected chi connectivity index (χ2v) is 7.08. The molecule has 0 spiro atoms. The van der Waals surface area contributed by atoms with Crippen molar-refractivity contribution in [1.29, 1.82) is 0 Å². The zero-order chi connectivity index (χ0) is 16.3. The van der Waals surface area contributed by atoms with Gasteiger partial charge in [-0.1, -0.05) is 26.7 Å². The number of hydrogen-bond acceptors (Lipinski definition) is 3. The lowest BCUT2D eigenvalue weighted by Crippen LogP contribution is -2.47. The van der Waals surface area contributed by atoms with Crippen LogP contribution in [0.15, 0.2) is 16.7 Å². The monoisotopic (exact) mass is 370 g/mol. The maximum atomic E-state index is 12.2. The first-order chi connectivity index (χ1) is 10.4. The molecule has 2 rings (SSSR count). The number of amides is 1. The number of carbonyl (C=O) groups is 2. The minimum absolute atomic E-state index is 0.164. The van der Waals surface area contributed by atoms with Crippen molar-refractivity contribution in [2.75, 3.05) is 0 Å². The van der Waals surface area contributed by atoms with Crippen molar-refractivity contribution in [2.24, 2.45) is 11.8 Å². The van der Waals surface area contributed by atoms with E-state index in [0.29, 0.717) is 17.5 Å². The molecule has 1 aliphatic rings. The number of aromatic amines is 1. The van der Waals surface area contributed by atoms with Crippen LogP contribution in [0.2, 0.25) is 0 Å². The molecule has 4 atom stereocenters. The third-order valence-corrected chi connectivity index (χ3v) is 5.01. The molecule has 5 nitrogen and oxygen atoms in total. The molecule has 1 saturated carbocycles. The second-order valence-electron chi connectivity index (χ2n) is 6.16. The van der Waals surface area contributed by atoms with Crippen molar-refractivity contribution in [2.45, 2.75) is 52.2 Å². The number of halogens is 1. The summed E-state index contributed by atoms with van der Waals surface area (Å²) in [5, 5.41) is 3.03. The Morgan fingerprint density at radius 3 is 2.77 bits per heavy atom. The highest BCUT2D eigenvalue weighted by atomic mass is 79.9. The first-order valence-electron chi connectivity index (χ1n) is 7.73. The summed E-state index contributed by atoms with van der Waals surface area (Å²) < 4.78 is 5.98. The molecule has 0 unspecified atom stereocenters. The van der Waals surface area contributed by atoms with Gasteiger partial charge in [-0.25, -0.2) is 4.79 Å².